The maximum atomic E-state index is 8.66. The lowest BCUT2D eigenvalue weighted by molar-refractivity contribution is 0.332. The summed E-state index contributed by atoms with van der Waals surface area (Å²) in [6.45, 7) is 2.03. The Morgan fingerprint density at radius 1 is 1.80 bits per heavy atom. The van der Waals surface area contributed by atoms with Crippen molar-refractivity contribution in [2.45, 2.75) is 6.92 Å². The SMILES string of the molecule is CC(=Cc1cc[nH]c1)CO. The molecular weight excluding hydrogens is 126 g/mol. The van der Waals surface area contributed by atoms with Crippen LogP contribution in [0.5, 0.6) is 0 Å². The fraction of sp³-hybridized carbons (Fsp3) is 0.250. The van der Waals surface area contributed by atoms with Crippen molar-refractivity contribution in [3.63, 3.8) is 0 Å². The molecule has 0 aliphatic carbocycles. The van der Waals surface area contributed by atoms with Crippen molar-refractivity contribution in [3.8, 4) is 0 Å². The standard InChI is InChI=1S/C8H11NO/c1-7(6-10)4-8-2-3-9-5-8/h2-5,9-10H,6H2,1H3. The molecule has 0 saturated carbocycles. The molecule has 1 aromatic heterocycles. The van der Waals surface area contributed by atoms with Crippen LogP contribution in [0.25, 0.3) is 6.08 Å². The molecule has 54 valence electrons. The molecule has 0 unspecified atom stereocenters. The molecule has 2 heteroatoms. The quantitative estimate of drug-likeness (QED) is 0.635. The van der Waals surface area contributed by atoms with Crippen LogP contribution in [-0.2, 0) is 0 Å². The van der Waals surface area contributed by atoms with Crippen molar-refractivity contribution in [3.05, 3.63) is 29.6 Å². The number of aliphatic hydroxyl groups excluding tert-OH is 1. The predicted molar refractivity (Wildman–Crippen MR) is 41.5 cm³/mol. The summed E-state index contributed by atoms with van der Waals surface area (Å²) in [6, 6.07) is 1.96. The molecule has 0 radical (unpaired) electrons. The Morgan fingerprint density at radius 3 is 3.10 bits per heavy atom. The third-order valence-electron chi connectivity index (χ3n) is 1.28. The van der Waals surface area contributed by atoms with Gasteiger partial charge in [0.15, 0.2) is 0 Å². The van der Waals surface area contributed by atoms with Crippen LogP contribution in [0.3, 0.4) is 0 Å². The van der Waals surface area contributed by atoms with Crippen LogP contribution in [0.15, 0.2) is 24.0 Å². The highest BCUT2D eigenvalue weighted by atomic mass is 16.3. The van der Waals surface area contributed by atoms with Crippen molar-refractivity contribution in [1.82, 2.24) is 4.98 Å². The zero-order valence-corrected chi connectivity index (χ0v) is 5.96. The van der Waals surface area contributed by atoms with Gasteiger partial charge in [0.2, 0.25) is 0 Å². The van der Waals surface area contributed by atoms with E-state index in [9.17, 15) is 0 Å². The van der Waals surface area contributed by atoms with Gasteiger partial charge in [-0.3, -0.25) is 0 Å². The van der Waals surface area contributed by atoms with E-state index in [4.69, 9.17) is 5.11 Å². The lowest BCUT2D eigenvalue weighted by Crippen LogP contribution is -1.81. The Balaban J connectivity index is 2.71. The summed E-state index contributed by atoms with van der Waals surface area (Å²) >= 11 is 0. The Hall–Kier alpha value is -1.02. The van der Waals surface area contributed by atoms with E-state index < -0.39 is 0 Å². The number of H-pyrrole nitrogens is 1. The van der Waals surface area contributed by atoms with Gasteiger partial charge in [0.25, 0.3) is 0 Å². The van der Waals surface area contributed by atoms with Crippen LogP contribution < -0.4 is 0 Å². The van der Waals surface area contributed by atoms with Crippen molar-refractivity contribution in [2.24, 2.45) is 0 Å². The summed E-state index contributed by atoms with van der Waals surface area (Å²) < 4.78 is 0. The van der Waals surface area contributed by atoms with Crippen LogP contribution in [-0.4, -0.2) is 16.7 Å². The first-order valence-electron chi connectivity index (χ1n) is 3.24. The number of aromatic nitrogens is 1. The summed E-state index contributed by atoms with van der Waals surface area (Å²) in [5, 5.41) is 8.66. The topological polar surface area (TPSA) is 36.0 Å². The maximum Gasteiger partial charge on any atom is 0.0642 e. The third kappa shape index (κ3) is 1.74. The minimum absolute atomic E-state index is 0.130. The first kappa shape index (κ1) is 7.09. The highest BCUT2D eigenvalue weighted by molar-refractivity contribution is 5.51. The molecule has 0 aromatic carbocycles. The first-order chi connectivity index (χ1) is 4.83. The predicted octanol–water partition coefficient (Wildman–Crippen LogP) is 1.41. The second-order valence-electron chi connectivity index (χ2n) is 2.29. The normalized spacial score (nSPS) is 12.0. The van der Waals surface area contributed by atoms with Crippen LogP contribution in [0, 0.1) is 0 Å². The Bertz CT molecular complexity index is 211. The van der Waals surface area contributed by atoms with Gasteiger partial charge in [-0.15, -0.1) is 0 Å². The van der Waals surface area contributed by atoms with Gasteiger partial charge in [0.1, 0.15) is 0 Å². The smallest absolute Gasteiger partial charge is 0.0642 e. The first-order valence-corrected chi connectivity index (χ1v) is 3.24. The van der Waals surface area contributed by atoms with Gasteiger partial charge in [0.05, 0.1) is 6.61 Å². The molecule has 0 amide bonds. The Labute approximate surface area is 60.2 Å². The average molecular weight is 137 g/mol. The minimum atomic E-state index is 0.130. The van der Waals surface area contributed by atoms with E-state index in [1.807, 2.05) is 31.5 Å². The van der Waals surface area contributed by atoms with E-state index >= 15 is 0 Å². The molecule has 10 heavy (non-hydrogen) atoms. The monoisotopic (exact) mass is 137 g/mol. The van der Waals surface area contributed by atoms with Gasteiger partial charge in [-0.05, 0) is 24.1 Å². The molecule has 0 aliphatic heterocycles. The van der Waals surface area contributed by atoms with E-state index in [-0.39, 0.29) is 6.61 Å². The average Bonchev–Trinajstić information content (AvgIpc) is 2.40. The van der Waals surface area contributed by atoms with Crippen LogP contribution in [0.2, 0.25) is 0 Å². The molecule has 2 N–H and O–H groups in total. The molecule has 0 atom stereocenters. The fourth-order valence-electron chi connectivity index (χ4n) is 0.757. The molecule has 0 bridgehead atoms. The van der Waals surface area contributed by atoms with Crippen molar-refractivity contribution < 1.29 is 5.11 Å². The van der Waals surface area contributed by atoms with Gasteiger partial charge < -0.3 is 10.1 Å². The van der Waals surface area contributed by atoms with Crippen molar-refractivity contribution in [1.29, 1.82) is 0 Å². The highest BCUT2D eigenvalue weighted by Gasteiger charge is 1.87. The van der Waals surface area contributed by atoms with E-state index in [1.54, 1.807) is 0 Å². The van der Waals surface area contributed by atoms with Gasteiger partial charge in [0, 0.05) is 12.4 Å². The van der Waals surface area contributed by atoms with E-state index in [0.29, 0.717) is 0 Å². The molecule has 1 aromatic rings. The number of aromatic amines is 1. The molecule has 1 heterocycles. The van der Waals surface area contributed by atoms with E-state index in [0.717, 1.165) is 11.1 Å². The Morgan fingerprint density at radius 2 is 2.60 bits per heavy atom. The van der Waals surface area contributed by atoms with Gasteiger partial charge in [-0.25, -0.2) is 0 Å². The lowest BCUT2D eigenvalue weighted by atomic mass is 10.2. The van der Waals surface area contributed by atoms with E-state index in [1.165, 1.54) is 0 Å². The molecule has 2 nitrogen and oxygen atoms in total. The largest absolute Gasteiger partial charge is 0.392 e. The molecule has 0 aliphatic rings. The summed E-state index contributed by atoms with van der Waals surface area (Å²) in [5.74, 6) is 0. The molecule has 1 rings (SSSR count). The highest BCUT2D eigenvalue weighted by Crippen LogP contribution is 2.03. The number of rotatable bonds is 2. The number of hydrogen-bond acceptors (Lipinski definition) is 1. The molecule has 0 spiro atoms. The molecule has 0 fully saturated rings. The second-order valence-corrected chi connectivity index (χ2v) is 2.29. The summed E-state index contributed by atoms with van der Waals surface area (Å²) in [4.78, 5) is 2.93. The number of hydrogen-bond donors (Lipinski definition) is 2. The van der Waals surface area contributed by atoms with Gasteiger partial charge in [-0.2, -0.15) is 0 Å². The zero-order chi connectivity index (χ0) is 7.40. The van der Waals surface area contributed by atoms with Crippen LogP contribution >= 0.6 is 0 Å². The summed E-state index contributed by atoms with van der Waals surface area (Å²) in [7, 11) is 0. The Kier molecular flexibility index (Phi) is 2.29. The third-order valence-corrected chi connectivity index (χ3v) is 1.28. The van der Waals surface area contributed by atoms with Crippen LogP contribution in [0.1, 0.15) is 12.5 Å². The van der Waals surface area contributed by atoms with Gasteiger partial charge in [-0.1, -0.05) is 6.08 Å². The lowest BCUT2D eigenvalue weighted by Gasteiger charge is -1.90. The molecule has 0 saturated heterocycles. The zero-order valence-electron chi connectivity index (χ0n) is 5.96. The minimum Gasteiger partial charge on any atom is -0.392 e. The fourth-order valence-corrected chi connectivity index (χ4v) is 0.757. The number of aliphatic hydroxyl groups is 1. The number of nitrogens with one attached hydrogen (secondary N) is 1. The summed E-state index contributed by atoms with van der Waals surface area (Å²) in [5.41, 5.74) is 2.08. The van der Waals surface area contributed by atoms with Gasteiger partial charge >= 0.3 is 0 Å². The molecular formula is C8H11NO. The summed E-state index contributed by atoms with van der Waals surface area (Å²) in [6.07, 6.45) is 5.69. The second kappa shape index (κ2) is 3.22. The van der Waals surface area contributed by atoms with Crippen molar-refractivity contribution >= 4 is 6.08 Å². The maximum absolute atomic E-state index is 8.66. The van der Waals surface area contributed by atoms with E-state index in [2.05, 4.69) is 4.98 Å². The van der Waals surface area contributed by atoms with Crippen molar-refractivity contribution in [2.75, 3.05) is 6.61 Å². The van der Waals surface area contributed by atoms with Crippen LogP contribution in [0.4, 0.5) is 0 Å².